The van der Waals surface area contributed by atoms with Crippen LogP contribution in [0.4, 0.5) is 0 Å². The van der Waals surface area contributed by atoms with Crippen LogP contribution in [0.2, 0.25) is 0 Å². The van der Waals surface area contributed by atoms with E-state index < -0.39 is 0 Å². The van der Waals surface area contributed by atoms with Crippen molar-refractivity contribution in [2.75, 3.05) is 0 Å². The Morgan fingerprint density at radius 2 is 1.80 bits per heavy atom. The molecule has 0 heterocycles. The molecular weight excluding hydrogens is 180 g/mol. The van der Waals surface area contributed by atoms with Crippen LogP contribution in [0.3, 0.4) is 0 Å². The van der Waals surface area contributed by atoms with Gasteiger partial charge in [0.2, 0.25) is 0 Å². The molecule has 0 fully saturated rings. The Kier molecular flexibility index (Phi) is 4.39. The summed E-state index contributed by atoms with van der Waals surface area (Å²) in [5.74, 6) is 0. The number of hydrogen-bond donors (Lipinski definition) is 0. The van der Waals surface area contributed by atoms with Crippen LogP contribution in [-0.4, -0.2) is 0 Å². The molecule has 0 saturated carbocycles. The molecule has 0 unspecified atom stereocenters. The SMILES string of the molecule is CC(C)(C)C=C=CCCc1ccccc1. The van der Waals surface area contributed by atoms with Gasteiger partial charge in [-0.05, 0) is 36.0 Å². The largest absolute Gasteiger partial charge is 0.129 e. The molecule has 1 aromatic rings. The predicted octanol–water partition coefficient (Wildman–Crippen LogP) is 4.38. The van der Waals surface area contributed by atoms with E-state index in [-0.39, 0.29) is 5.41 Å². The van der Waals surface area contributed by atoms with Crippen LogP contribution in [-0.2, 0) is 6.42 Å². The monoisotopic (exact) mass is 200 g/mol. The Hall–Kier alpha value is -1.26. The summed E-state index contributed by atoms with van der Waals surface area (Å²) in [5.41, 5.74) is 4.88. The van der Waals surface area contributed by atoms with Gasteiger partial charge >= 0.3 is 0 Å². The fourth-order valence-electron chi connectivity index (χ4n) is 1.28. The molecule has 0 nitrogen and oxygen atoms in total. The Morgan fingerprint density at radius 3 is 2.40 bits per heavy atom. The highest BCUT2D eigenvalue weighted by atomic mass is 14.1. The van der Waals surface area contributed by atoms with Crippen molar-refractivity contribution < 1.29 is 0 Å². The highest BCUT2D eigenvalue weighted by Gasteiger charge is 2.01. The molecule has 0 N–H and O–H groups in total. The van der Waals surface area contributed by atoms with Gasteiger partial charge in [-0.1, -0.05) is 51.1 Å². The quantitative estimate of drug-likeness (QED) is 0.635. The second-order valence-electron chi connectivity index (χ2n) is 4.91. The second kappa shape index (κ2) is 5.58. The predicted molar refractivity (Wildman–Crippen MR) is 66.9 cm³/mol. The molecule has 80 valence electrons. The second-order valence-corrected chi connectivity index (χ2v) is 4.91. The topological polar surface area (TPSA) is 0 Å². The van der Waals surface area contributed by atoms with Crippen molar-refractivity contribution in [1.82, 2.24) is 0 Å². The minimum atomic E-state index is 0.239. The Labute approximate surface area is 93.3 Å². The molecule has 15 heavy (non-hydrogen) atoms. The maximum atomic E-state index is 3.25. The van der Waals surface area contributed by atoms with Crippen LogP contribution >= 0.6 is 0 Å². The van der Waals surface area contributed by atoms with Gasteiger partial charge in [-0.3, -0.25) is 0 Å². The lowest BCUT2D eigenvalue weighted by Gasteiger charge is -2.08. The van der Waals surface area contributed by atoms with Crippen LogP contribution in [0.15, 0.2) is 48.2 Å². The van der Waals surface area contributed by atoms with Crippen LogP contribution in [0.5, 0.6) is 0 Å². The van der Waals surface area contributed by atoms with Gasteiger partial charge in [-0.2, -0.15) is 0 Å². The summed E-state index contributed by atoms with van der Waals surface area (Å²) >= 11 is 0. The zero-order chi connectivity index (χ0) is 11.1. The van der Waals surface area contributed by atoms with Crippen molar-refractivity contribution in [3.05, 3.63) is 53.8 Å². The van der Waals surface area contributed by atoms with Gasteiger partial charge in [0, 0.05) is 0 Å². The minimum Gasteiger partial charge on any atom is -0.129 e. The first-order chi connectivity index (χ1) is 7.08. The van der Waals surface area contributed by atoms with Crippen molar-refractivity contribution in [3.63, 3.8) is 0 Å². The van der Waals surface area contributed by atoms with Crippen LogP contribution < -0.4 is 0 Å². The van der Waals surface area contributed by atoms with Gasteiger partial charge in [-0.25, -0.2) is 0 Å². The Balaban J connectivity index is 2.37. The van der Waals surface area contributed by atoms with Crippen molar-refractivity contribution in [2.24, 2.45) is 5.41 Å². The average molecular weight is 200 g/mol. The van der Waals surface area contributed by atoms with Gasteiger partial charge in [-0.15, -0.1) is 5.73 Å². The standard InChI is InChI=1S/C15H20/c1-15(2,3)13-9-5-8-12-14-10-6-4-7-11-14/h4-7,10-11,13H,8,12H2,1-3H3. The normalized spacial score (nSPS) is 10.6. The molecule has 0 atom stereocenters. The van der Waals surface area contributed by atoms with Crippen LogP contribution in [0, 0.1) is 5.41 Å². The van der Waals surface area contributed by atoms with E-state index in [1.165, 1.54) is 5.56 Å². The summed E-state index contributed by atoms with van der Waals surface area (Å²) in [6.45, 7) is 6.56. The zero-order valence-electron chi connectivity index (χ0n) is 9.96. The maximum Gasteiger partial charge on any atom is -0.0127 e. The maximum absolute atomic E-state index is 3.25. The Bertz CT molecular complexity index is 332. The molecule has 1 rings (SSSR count). The number of allylic oxidation sites excluding steroid dienone is 1. The summed E-state index contributed by atoms with van der Waals surface area (Å²) < 4.78 is 0. The number of rotatable bonds is 3. The molecular formula is C15H20. The lowest BCUT2D eigenvalue weighted by molar-refractivity contribution is 0.545. The summed E-state index contributed by atoms with van der Waals surface area (Å²) in [5, 5.41) is 0. The number of aryl methyl sites for hydroxylation is 1. The highest BCUT2D eigenvalue weighted by Crippen LogP contribution is 2.13. The molecule has 1 aromatic carbocycles. The molecule has 0 aliphatic carbocycles. The van der Waals surface area contributed by atoms with Crippen molar-refractivity contribution in [2.45, 2.75) is 33.6 Å². The van der Waals surface area contributed by atoms with Crippen molar-refractivity contribution in [1.29, 1.82) is 0 Å². The molecule has 0 amide bonds. The summed E-state index contributed by atoms with van der Waals surface area (Å²) in [4.78, 5) is 0. The van der Waals surface area contributed by atoms with Gasteiger partial charge < -0.3 is 0 Å². The lowest BCUT2D eigenvalue weighted by atomic mass is 9.97. The van der Waals surface area contributed by atoms with E-state index in [2.05, 4.69) is 69.0 Å². The van der Waals surface area contributed by atoms with Crippen molar-refractivity contribution >= 4 is 0 Å². The Morgan fingerprint density at radius 1 is 1.13 bits per heavy atom. The zero-order valence-corrected chi connectivity index (χ0v) is 9.96. The molecule has 0 saturated heterocycles. The molecule has 0 aliphatic heterocycles. The summed E-state index contributed by atoms with van der Waals surface area (Å²) in [6, 6.07) is 10.6. The number of hydrogen-bond acceptors (Lipinski definition) is 0. The molecule has 0 bridgehead atoms. The average Bonchev–Trinajstić information content (AvgIpc) is 2.17. The molecule has 0 radical (unpaired) electrons. The van der Waals surface area contributed by atoms with E-state index in [1.54, 1.807) is 0 Å². The first-order valence-corrected chi connectivity index (χ1v) is 5.54. The third-order valence-corrected chi connectivity index (χ3v) is 2.05. The van der Waals surface area contributed by atoms with Gasteiger partial charge in [0.25, 0.3) is 0 Å². The first-order valence-electron chi connectivity index (χ1n) is 5.54. The third kappa shape index (κ3) is 5.93. The fourth-order valence-corrected chi connectivity index (χ4v) is 1.28. The van der Waals surface area contributed by atoms with E-state index in [0.29, 0.717) is 0 Å². The van der Waals surface area contributed by atoms with Gasteiger partial charge in [0.1, 0.15) is 0 Å². The summed E-state index contributed by atoms with van der Waals surface area (Å²) in [6.07, 6.45) is 6.42. The van der Waals surface area contributed by atoms with Crippen molar-refractivity contribution in [3.8, 4) is 0 Å². The van der Waals surface area contributed by atoms with E-state index in [9.17, 15) is 0 Å². The van der Waals surface area contributed by atoms with Crippen LogP contribution in [0.1, 0.15) is 32.8 Å². The molecule has 0 heteroatoms. The minimum absolute atomic E-state index is 0.239. The van der Waals surface area contributed by atoms with E-state index >= 15 is 0 Å². The highest BCUT2D eigenvalue weighted by molar-refractivity contribution is 5.15. The fraction of sp³-hybridized carbons (Fsp3) is 0.400. The van der Waals surface area contributed by atoms with E-state index in [0.717, 1.165) is 12.8 Å². The number of benzene rings is 1. The first kappa shape index (κ1) is 11.8. The molecule has 0 spiro atoms. The van der Waals surface area contributed by atoms with E-state index in [4.69, 9.17) is 0 Å². The third-order valence-electron chi connectivity index (χ3n) is 2.05. The van der Waals surface area contributed by atoms with Gasteiger partial charge in [0.05, 0.1) is 0 Å². The van der Waals surface area contributed by atoms with Gasteiger partial charge in [0.15, 0.2) is 0 Å². The molecule has 0 aliphatic rings. The van der Waals surface area contributed by atoms with E-state index in [1.807, 2.05) is 0 Å². The lowest BCUT2D eigenvalue weighted by Crippen LogP contribution is -1.97. The summed E-state index contributed by atoms with van der Waals surface area (Å²) in [7, 11) is 0. The van der Waals surface area contributed by atoms with Crippen LogP contribution in [0.25, 0.3) is 0 Å². The molecule has 0 aromatic heterocycles. The smallest absolute Gasteiger partial charge is 0.0127 e.